The van der Waals surface area contributed by atoms with E-state index in [0.717, 1.165) is 0 Å². The average Bonchev–Trinajstić information content (AvgIpc) is 2.97. The lowest BCUT2D eigenvalue weighted by atomic mass is 9.81. The number of Topliss-reactive ketones (excluding diaryl/α,β-unsaturated/α-hetero) is 1. The smallest absolute Gasteiger partial charge is 0.354 e. The summed E-state index contributed by atoms with van der Waals surface area (Å²) in [6.07, 6.45) is -2.54. The number of nitrogens with zero attached hydrogens (tertiary/aromatic N) is 1. The fourth-order valence-electron chi connectivity index (χ4n) is 4.65. The van der Waals surface area contributed by atoms with E-state index in [1.54, 1.807) is 6.07 Å². The van der Waals surface area contributed by atoms with Crippen LogP contribution in [0, 0.1) is 8.98 Å². The third-order valence-electron chi connectivity index (χ3n) is 6.66. The van der Waals surface area contributed by atoms with Crippen molar-refractivity contribution in [3.05, 3.63) is 62.7 Å². The molecule has 2 bridgehead atoms. The van der Waals surface area contributed by atoms with E-state index in [1.807, 2.05) is 22.6 Å². The van der Waals surface area contributed by atoms with Crippen LogP contribution in [0.3, 0.4) is 0 Å². The van der Waals surface area contributed by atoms with Crippen LogP contribution in [0.1, 0.15) is 40.7 Å². The summed E-state index contributed by atoms with van der Waals surface area (Å²) in [5.74, 6) is -4.25. The molecule has 2 aromatic rings. The Morgan fingerprint density at radius 1 is 1.13 bits per heavy atom. The standard InChI is InChI=1S/C26H27IN4O8/c27-18-11-14(1-6-19(18)32)13-26(30-24(36)16-4-2-15(3-5-16)23(28)29)22(20(33)12-21(34)35)38-17-7-9-31(10-8-17)39-25(26)37/h1-6,11,17,22,32H,7-10,12-13H2,(H3,28,29)(H,30,36)(H,34,35)/t22?,26-/m1/s1. The predicted molar refractivity (Wildman–Crippen MR) is 145 cm³/mol. The number of rotatable bonds is 8. The number of hydrogen-bond donors (Lipinski definition) is 5. The summed E-state index contributed by atoms with van der Waals surface area (Å²) in [6, 6.07) is 10.3. The number of hydrogen-bond acceptors (Lipinski definition) is 9. The minimum Gasteiger partial charge on any atom is -0.507 e. The monoisotopic (exact) mass is 650 g/mol. The second kappa shape index (κ2) is 11.7. The largest absolute Gasteiger partial charge is 0.507 e. The maximum Gasteiger partial charge on any atom is 0.354 e. The number of amidine groups is 1. The zero-order valence-electron chi connectivity index (χ0n) is 20.7. The molecule has 0 aliphatic carbocycles. The van der Waals surface area contributed by atoms with Gasteiger partial charge in [0.05, 0.1) is 9.67 Å². The van der Waals surface area contributed by atoms with Gasteiger partial charge in [0.2, 0.25) is 0 Å². The molecule has 12 nitrogen and oxygen atoms in total. The first-order chi connectivity index (χ1) is 18.5. The molecule has 3 saturated heterocycles. The Morgan fingerprint density at radius 2 is 1.77 bits per heavy atom. The third kappa shape index (κ3) is 6.37. The molecule has 6 N–H and O–H groups in total. The maximum absolute atomic E-state index is 13.9. The number of amides is 1. The number of benzene rings is 2. The maximum atomic E-state index is 13.9. The van der Waals surface area contributed by atoms with Gasteiger partial charge in [-0.05, 0) is 65.3 Å². The number of aliphatic carboxylic acids is 1. The number of nitrogen functional groups attached to an aromatic ring is 1. The number of ether oxygens (including phenoxy) is 1. The fourth-order valence-corrected chi connectivity index (χ4v) is 5.23. The van der Waals surface area contributed by atoms with Crippen LogP contribution >= 0.6 is 22.6 Å². The molecule has 0 aromatic heterocycles. The summed E-state index contributed by atoms with van der Waals surface area (Å²) in [7, 11) is 0. The summed E-state index contributed by atoms with van der Waals surface area (Å²) in [5.41, 5.74) is 4.28. The highest BCUT2D eigenvalue weighted by Gasteiger charge is 2.55. The van der Waals surface area contributed by atoms with Crippen LogP contribution in [0.2, 0.25) is 0 Å². The molecule has 3 heterocycles. The number of carbonyl (C=O) groups excluding carboxylic acids is 3. The van der Waals surface area contributed by atoms with E-state index in [2.05, 4.69) is 5.32 Å². The van der Waals surface area contributed by atoms with E-state index in [1.165, 1.54) is 41.5 Å². The molecule has 1 unspecified atom stereocenters. The lowest BCUT2D eigenvalue weighted by molar-refractivity contribution is -0.201. The van der Waals surface area contributed by atoms with Gasteiger partial charge in [-0.2, -0.15) is 0 Å². The first-order valence-electron chi connectivity index (χ1n) is 12.1. The molecular weight excluding hydrogens is 623 g/mol. The van der Waals surface area contributed by atoms with Crippen LogP contribution in [0.25, 0.3) is 0 Å². The first kappa shape index (κ1) is 28.4. The quantitative estimate of drug-likeness (QED) is 0.121. The molecule has 3 fully saturated rings. The van der Waals surface area contributed by atoms with Crippen molar-refractivity contribution in [3.63, 3.8) is 0 Å². The molecule has 13 heteroatoms. The number of carboxylic acid groups (broad SMARTS) is 1. The highest BCUT2D eigenvalue weighted by molar-refractivity contribution is 14.1. The van der Waals surface area contributed by atoms with E-state index in [4.69, 9.17) is 20.7 Å². The minimum absolute atomic E-state index is 0.000973. The summed E-state index contributed by atoms with van der Waals surface area (Å²) in [4.78, 5) is 58.2. The van der Waals surface area contributed by atoms with Crippen LogP contribution < -0.4 is 11.1 Å². The van der Waals surface area contributed by atoms with Gasteiger partial charge in [0.15, 0.2) is 17.4 Å². The van der Waals surface area contributed by atoms with Crippen molar-refractivity contribution >= 4 is 52.1 Å². The van der Waals surface area contributed by atoms with Crippen molar-refractivity contribution in [1.82, 2.24) is 10.4 Å². The van der Waals surface area contributed by atoms with Crippen LogP contribution in [-0.4, -0.2) is 75.6 Å². The second-order valence-corrected chi connectivity index (χ2v) is 10.6. The molecule has 0 radical (unpaired) electrons. The van der Waals surface area contributed by atoms with Crippen molar-refractivity contribution in [2.45, 2.75) is 43.4 Å². The molecule has 1 amide bonds. The van der Waals surface area contributed by atoms with E-state index >= 15 is 0 Å². The Hall–Kier alpha value is -3.56. The molecule has 2 aromatic carbocycles. The molecule has 206 valence electrons. The van der Waals surface area contributed by atoms with Crippen LogP contribution in [0.5, 0.6) is 5.75 Å². The highest BCUT2D eigenvalue weighted by Crippen LogP contribution is 2.32. The summed E-state index contributed by atoms with van der Waals surface area (Å²) in [5, 5.41) is 31.1. The molecule has 3 aliphatic heterocycles. The molecule has 5 rings (SSSR count). The number of phenols is 1. The number of nitrogens with two attached hydrogens (primary N) is 1. The fraction of sp³-hybridized carbons (Fsp3) is 0.346. The summed E-state index contributed by atoms with van der Waals surface area (Å²) >= 11 is 1.90. The number of fused-ring (bicyclic) bond motifs is 6. The lowest BCUT2D eigenvalue weighted by Gasteiger charge is -2.38. The van der Waals surface area contributed by atoms with Gasteiger partial charge < -0.3 is 30.8 Å². The van der Waals surface area contributed by atoms with Crippen molar-refractivity contribution in [1.29, 1.82) is 5.41 Å². The van der Waals surface area contributed by atoms with Gasteiger partial charge in [-0.25, -0.2) is 4.79 Å². The zero-order valence-corrected chi connectivity index (χ0v) is 22.8. The van der Waals surface area contributed by atoms with E-state index < -0.39 is 47.8 Å². The van der Waals surface area contributed by atoms with Gasteiger partial charge in [-0.1, -0.05) is 18.2 Å². The number of carbonyl (C=O) groups is 4. The summed E-state index contributed by atoms with van der Waals surface area (Å²) < 4.78 is 6.63. The Kier molecular flexibility index (Phi) is 8.51. The number of carboxylic acids is 1. The van der Waals surface area contributed by atoms with E-state index in [-0.39, 0.29) is 23.6 Å². The second-order valence-electron chi connectivity index (χ2n) is 9.44. The van der Waals surface area contributed by atoms with Crippen molar-refractivity contribution < 1.29 is 39.0 Å². The van der Waals surface area contributed by atoms with Gasteiger partial charge >= 0.3 is 11.9 Å². The minimum atomic E-state index is -2.16. The first-order valence-corrected chi connectivity index (χ1v) is 13.2. The molecule has 3 aliphatic rings. The number of halogens is 1. The van der Waals surface area contributed by atoms with Crippen molar-refractivity contribution in [2.75, 3.05) is 13.1 Å². The highest BCUT2D eigenvalue weighted by atomic mass is 127. The lowest BCUT2D eigenvalue weighted by Crippen LogP contribution is -2.67. The molecule has 0 saturated carbocycles. The Labute approximate surface area is 237 Å². The number of piperidine rings is 1. The molecule has 0 spiro atoms. The van der Waals surface area contributed by atoms with Crippen LogP contribution in [0.4, 0.5) is 0 Å². The van der Waals surface area contributed by atoms with Crippen molar-refractivity contribution in [2.24, 2.45) is 5.73 Å². The number of ketones is 1. The Bertz CT molecular complexity index is 1310. The normalized spacial score (nSPS) is 24.5. The van der Waals surface area contributed by atoms with Gasteiger partial charge in [0.25, 0.3) is 5.91 Å². The number of hydroxylamine groups is 2. The molecule has 39 heavy (non-hydrogen) atoms. The van der Waals surface area contributed by atoms with Gasteiger partial charge in [0, 0.05) is 30.6 Å². The van der Waals surface area contributed by atoms with Gasteiger partial charge in [-0.3, -0.25) is 19.8 Å². The summed E-state index contributed by atoms with van der Waals surface area (Å²) in [6.45, 7) is 0.674. The van der Waals surface area contributed by atoms with E-state index in [9.17, 15) is 29.4 Å². The number of phenolic OH excluding ortho intramolecular Hbond substituents is 1. The Balaban J connectivity index is 1.84. The number of nitrogens with one attached hydrogen (secondary N) is 2. The number of aromatic hydroxyl groups is 1. The topological polar surface area (TPSA) is 192 Å². The SMILES string of the molecule is N=C(N)c1ccc(C(=O)N[C@@]2(Cc3ccc(O)c(I)c3)C(=O)ON3CCC(CC3)OC2C(=O)CC(=O)O)cc1. The molecular formula is C26H27IN4O8. The molecule has 2 atom stereocenters. The van der Waals surface area contributed by atoms with Gasteiger partial charge in [0.1, 0.15) is 18.0 Å². The Morgan fingerprint density at radius 3 is 2.36 bits per heavy atom. The van der Waals surface area contributed by atoms with Gasteiger partial charge in [-0.15, -0.1) is 5.06 Å². The zero-order chi connectivity index (χ0) is 28.3. The van der Waals surface area contributed by atoms with Crippen LogP contribution in [0.15, 0.2) is 42.5 Å². The van der Waals surface area contributed by atoms with E-state index in [0.29, 0.717) is 40.6 Å². The predicted octanol–water partition coefficient (Wildman–Crippen LogP) is 1.36. The third-order valence-corrected chi connectivity index (χ3v) is 7.52. The van der Waals surface area contributed by atoms with Crippen molar-refractivity contribution in [3.8, 4) is 5.75 Å². The van der Waals surface area contributed by atoms with Crippen LogP contribution in [-0.2, 0) is 30.4 Å². The average molecular weight is 650 g/mol.